The van der Waals surface area contributed by atoms with E-state index in [1.165, 1.54) is 38.6 Å². The SMILES string of the molecule is C[N+](C)(C)CCCCCCCCO. The molecule has 0 aromatic rings. The van der Waals surface area contributed by atoms with Gasteiger partial charge in [-0.2, -0.15) is 0 Å². The van der Waals surface area contributed by atoms with Crippen molar-refractivity contribution < 1.29 is 9.59 Å². The van der Waals surface area contributed by atoms with Crippen LogP contribution in [-0.4, -0.2) is 43.9 Å². The Kier molecular flexibility index (Phi) is 7.29. The summed E-state index contributed by atoms with van der Waals surface area (Å²) in [6.07, 6.45) is 7.48. The fraction of sp³-hybridized carbons (Fsp3) is 1.00. The minimum atomic E-state index is 0.360. The Morgan fingerprint density at radius 1 is 0.769 bits per heavy atom. The van der Waals surface area contributed by atoms with Crippen LogP contribution in [0.1, 0.15) is 38.5 Å². The van der Waals surface area contributed by atoms with Gasteiger partial charge in [-0.25, -0.2) is 0 Å². The van der Waals surface area contributed by atoms with Crippen LogP contribution < -0.4 is 0 Å². The van der Waals surface area contributed by atoms with Crippen LogP contribution in [-0.2, 0) is 0 Å². The van der Waals surface area contributed by atoms with E-state index in [9.17, 15) is 0 Å². The molecule has 1 N–H and O–H groups in total. The van der Waals surface area contributed by atoms with Gasteiger partial charge in [0.15, 0.2) is 0 Å². The van der Waals surface area contributed by atoms with Crippen LogP contribution >= 0.6 is 0 Å². The minimum Gasteiger partial charge on any atom is -0.396 e. The van der Waals surface area contributed by atoms with Crippen LogP contribution in [0.2, 0.25) is 0 Å². The summed E-state index contributed by atoms with van der Waals surface area (Å²) in [5.41, 5.74) is 0. The van der Waals surface area contributed by atoms with Gasteiger partial charge in [-0.05, 0) is 19.3 Å². The van der Waals surface area contributed by atoms with Crippen LogP contribution in [0.5, 0.6) is 0 Å². The van der Waals surface area contributed by atoms with E-state index in [1.807, 2.05) is 0 Å². The van der Waals surface area contributed by atoms with Gasteiger partial charge in [-0.3, -0.25) is 0 Å². The van der Waals surface area contributed by atoms with Crippen LogP contribution in [0.3, 0.4) is 0 Å². The number of rotatable bonds is 8. The number of quaternary nitrogens is 1. The monoisotopic (exact) mass is 188 g/mol. The first-order valence-corrected chi connectivity index (χ1v) is 5.47. The molecule has 2 heteroatoms. The van der Waals surface area contributed by atoms with Crippen molar-refractivity contribution in [2.24, 2.45) is 0 Å². The molecule has 0 heterocycles. The Bertz CT molecular complexity index is 107. The van der Waals surface area contributed by atoms with Crippen molar-refractivity contribution in [3.8, 4) is 0 Å². The highest BCUT2D eigenvalue weighted by molar-refractivity contribution is 4.44. The Labute approximate surface area is 83.2 Å². The highest BCUT2D eigenvalue weighted by atomic mass is 16.2. The fourth-order valence-corrected chi connectivity index (χ4v) is 1.41. The molecule has 0 saturated carbocycles. The molecule has 0 rings (SSSR count). The highest BCUT2D eigenvalue weighted by Gasteiger charge is 2.04. The van der Waals surface area contributed by atoms with Gasteiger partial charge >= 0.3 is 0 Å². The molecule has 0 fully saturated rings. The lowest BCUT2D eigenvalue weighted by Crippen LogP contribution is -2.35. The van der Waals surface area contributed by atoms with Gasteiger partial charge in [-0.1, -0.05) is 19.3 Å². The van der Waals surface area contributed by atoms with Crippen molar-refractivity contribution >= 4 is 0 Å². The lowest BCUT2D eigenvalue weighted by molar-refractivity contribution is -0.870. The molecule has 0 saturated heterocycles. The van der Waals surface area contributed by atoms with Gasteiger partial charge in [0, 0.05) is 6.61 Å². The summed E-state index contributed by atoms with van der Waals surface area (Å²) in [5.74, 6) is 0. The molecule has 0 unspecified atom stereocenters. The largest absolute Gasteiger partial charge is 0.396 e. The molecule has 0 aliphatic carbocycles. The number of unbranched alkanes of at least 4 members (excludes halogenated alkanes) is 5. The molecule has 0 atom stereocenters. The number of aliphatic hydroxyl groups is 1. The lowest BCUT2D eigenvalue weighted by Gasteiger charge is -2.23. The zero-order chi connectivity index (χ0) is 10.2. The first kappa shape index (κ1) is 12.9. The third-order valence-corrected chi connectivity index (χ3v) is 2.24. The Morgan fingerprint density at radius 2 is 1.23 bits per heavy atom. The van der Waals surface area contributed by atoms with E-state index in [-0.39, 0.29) is 0 Å². The van der Waals surface area contributed by atoms with Crippen LogP contribution in [0.4, 0.5) is 0 Å². The summed E-state index contributed by atoms with van der Waals surface area (Å²) in [7, 11) is 6.73. The minimum absolute atomic E-state index is 0.360. The topological polar surface area (TPSA) is 20.2 Å². The summed E-state index contributed by atoms with van der Waals surface area (Å²) in [4.78, 5) is 0. The van der Waals surface area contributed by atoms with Crippen LogP contribution in [0, 0.1) is 0 Å². The summed E-state index contributed by atoms with van der Waals surface area (Å²) in [6.45, 7) is 1.64. The maximum atomic E-state index is 8.57. The summed E-state index contributed by atoms with van der Waals surface area (Å²) in [5, 5.41) is 8.57. The first-order valence-electron chi connectivity index (χ1n) is 5.47. The average Bonchev–Trinajstić information content (AvgIpc) is 2.01. The number of aliphatic hydroxyl groups excluding tert-OH is 1. The second kappa shape index (κ2) is 7.34. The molecule has 13 heavy (non-hydrogen) atoms. The molecule has 2 nitrogen and oxygen atoms in total. The van der Waals surface area contributed by atoms with E-state index in [0.29, 0.717) is 6.61 Å². The van der Waals surface area contributed by atoms with E-state index in [2.05, 4.69) is 21.1 Å². The van der Waals surface area contributed by atoms with Crippen molar-refractivity contribution in [3.63, 3.8) is 0 Å². The molecule has 0 spiro atoms. The van der Waals surface area contributed by atoms with Gasteiger partial charge in [0.1, 0.15) is 0 Å². The van der Waals surface area contributed by atoms with Crippen LogP contribution in [0.15, 0.2) is 0 Å². The van der Waals surface area contributed by atoms with E-state index in [0.717, 1.165) is 10.9 Å². The van der Waals surface area contributed by atoms with Crippen molar-refractivity contribution in [3.05, 3.63) is 0 Å². The normalized spacial score (nSPS) is 12.0. The van der Waals surface area contributed by atoms with Crippen LogP contribution in [0.25, 0.3) is 0 Å². The van der Waals surface area contributed by atoms with E-state index in [4.69, 9.17) is 5.11 Å². The molecule has 0 amide bonds. The van der Waals surface area contributed by atoms with Crippen molar-refractivity contribution in [1.29, 1.82) is 0 Å². The number of nitrogens with zero attached hydrogens (tertiary/aromatic N) is 1. The van der Waals surface area contributed by atoms with Crippen molar-refractivity contribution in [2.75, 3.05) is 34.3 Å². The third-order valence-electron chi connectivity index (χ3n) is 2.24. The maximum absolute atomic E-state index is 8.57. The first-order chi connectivity index (χ1) is 6.06. The Hall–Kier alpha value is -0.0800. The predicted molar refractivity (Wildman–Crippen MR) is 57.7 cm³/mol. The average molecular weight is 188 g/mol. The summed E-state index contributed by atoms with van der Waals surface area (Å²) >= 11 is 0. The van der Waals surface area contributed by atoms with Gasteiger partial charge in [0.2, 0.25) is 0 Å². The van der Waals surface area contributed by atoms with Crippen molar-refractivity contribution in [2.45, 2.75) is 38.5 Å². The van der Waals surface area contributed by atoms with E-state index >= 15 is 0 Å². The van der Waals surface area contributed by atoms with Gasteiger partial charge in [0.05, 0.1) is 27.7 Å². The lowest BCUT2D eigenvalue weighted by atomic mass is 10.1. The Morgan fingerprint density at radius 3 is 1.69 bits per heavy atom. The fourth-order valence-electron chi connectivity index (χ4n) is 1.41. The highest BCUT2D eigenvalue weighted by Crippen LogP contribution is 2.06. The number of hydrogen-bond donors (Lipinski definition) is 1. The quantitative estimate of drug-likeness (QED) is 0.456. The molecule has 0 bridgehead atoms. The van der Waals surface area contributed by atoms with Gasteiger partial charge < -0.3 is 9.59 Å². The second-order valence-electron chi connectivity index (χ2n) is 4.86. The van der Waals surface area contributed by atoms with Crippen molar-refractivity contribution in [1.82, 2.24) is 0 Å². The molecule has 0 aromatic heterocycles. The summed E-state index contributed by atoms with van der Waals surface area (Å²) < 4.78 is 1.08. The molecule has 0 aromatic carbocycles. The summed E-state index contributed by atoms with van der Waals surface area (Å²) in [6, 6.07) is 0. The molecular formula is C11H26NO+. The molecule has 80 valence electrons. The smallest absolute Gasteiger partial charge is 0.0780 e. The Balaban J connectivity index is 3.00. The molecular weight excluding hydrogens is 162 g/mol. The predicted octanol–water partition coefficient (Wildman–Crippen LogP) is 2.03. The van der Waals surface area contributed by atoms with E-state index < -0.39 is 0 Å². The van der Waals surface area contributed by atoms with E-state index in [1.54, 1.807) is 0 Å². The number of hydrogen-bond acceptors (Lipinski definition) is 1. The molecule has 0 radical (unpaired) electrons. The molecule has 0 aliphatic rings. The second-order valence-corrected chi connectivity index (χ2v) is 4.86. The standard InChI is InChI=1S/C11H26NO/c1-12(2,3)10-8-6-4-5-7-9-11-13/h13H,4-11H2,1-3H3/q+1. The molecule has 0 aliphatic heterocycles. The zero-order valence-corrected chi connectivity index (χ0v) is 9.55. The zero-order valence-electron chi connectivity index (χ0n) is 9.55. The van der Waals surface area contributed by atoms with Gasteiger partial charge in [0.25, 0.3) is 0 Å². The maximum Gasteiger partial charge on any atom is 0.0780 e. The van der Waals surface area contributed by atoms with Gasteiger partial charge in [-0.15, -0.1) is 0 Å². The third kappa shape index (κ3) is 11.9.